The summed E-state index contributed by atoms with van der Waals surface area (Å²) in [6.07, 6.45) is 2.29. The zero-order valence-electron chi connectivity index (χ0n) is 17.8. The molecule has 2 aliphatic heterocycles. The van der Waals surface area contributed by atoms with Crippen molar-refractivity contribution in [2.45, 2.75) is 51.3 Å². The Hall–Kier alpha value is -1.65. The summed E-state index contributed by atoms with van der Waals surface area (Å²) in [5, 5.41) is 0. The number of hydrogen-bond acceptors (Lipinski definition) is 6. The number of piperidine rings is 1. The van der Waals surface area contributed by atoms with E-state index in [1.165, 1.54) is 8.61 Å². The number of sulfonamides is 2. The Bertz CT molecular complexity index is 989. The maximum absolute atomic E-state index is 13.3. The fourth-order valence-corrected chi connectivity index (χ4v) is 7.78. The van der Waals surface area contributed by atoms with Gasteiger partial charge in [0.15, 0.2) is 0 Å². The Kier molecular flexibility index (Phi) is 6.78. The SMILES string of the molecule is CCOC(=O)C1CCN(S(=O)(=O)c2c(C)cc(N3CCCCS3(=O)=O)cc2C)CC1. The van der Waals surface area contributed by atoms with Crippen molar-refractivity contribution in [3.05, 3.63) is 23.3 Å². The molecule has 0 bridgehead atoms. The second-order valence-electron chi connectivity index (χ2n) is 7.93. The van der Waals surface area contributed by atoms with Gasteiger partial charge in [-0.05, 0) is 69.7 Å². The summed E-state index contributed by atoms with van der Waals surface area (Å²) in [5.74, 6) is -0.431. The van der Waals surface area contributed by atoms with E-state index in [0.717, 1.165) is 6.42 Å². The third-order valence-corrected chi connectivity index (χ3v) is 9.83. The van der Waals surface area contributed by atoms with Gasteiger partial charge < -0.3 is 4.74 Å². The first kappa shape index (κ1) is 23.0. The molecule has 2 fully saturated rings. The highest BCUT2D eigenvalue weighted by Crippen LogP contribution is 2.33. The van der Waals surface area contributed by atoms with Crippen LogP contribution < -0.4 is 4.31 Å². The van der Waals surface area contributed by atoms with Crippen molar-refractivity contribution in [3.8, 4) is 0 Å². The van der Waals surface area contributed by atoms with Crippen LogP contribution in [0, 0.1) is 19.8 Å². The zero-order valence-corrected chi connectivity index (χ0v) is 19.4. The highest BCUT2D eigenvalue weighted by atomic mass is 32.2. The predicted molar refractivity (Wildman–Crippen MR) is 114 cm³/mol. The molecule has 1 aromatic carbocycles. The van der Waals surface area contributed by atoms with E-state index < -0.39 is 20.0 Å². The largest absolute Gasteiger partial charge is 0.466 e. The van der Waals surface area contributed by atoms with E-state index in [-0.39, 0.29) is 35.6 Å². The van der Waals surface area contributed by atoms with Crippen LogP contribution in [0.15, 0.2) is 17.0 Å². The van der Waals surface area contributed by atoms with Crippen molar-refractivity contribution in [3.63, 3.8) is 0 Å². The van der Waals surface area contributed by atoms with Gasteiger partial charge in [-0.15, -0.1) is 0 Å². The molecule has 10 heteroatoms. The number of esters is 1. The third kappa shape index (κ3) is 4.50. The van der Waals surface area contributed by atoms with E-state index in [0.29, 0.717) is 49.2 Å². The topological polar surface area (TPSA) is 101 Å². The normalized spacial score (nSPS) is 20.8. The van der Waals surface area contributed by atoms with Crippen molar-refractivity contribution in [2.24, 2.45) is 5.92 Å². The molecule has 2 saturated heterocycles. The number of benzene rings is 1. The molecular formula is C20H30N2O6S2. The lowest BCUT2D eigenvalue weighted by Crippen LogP contribution is -2.41. The van der Waals surface area contributed by atoms with E-state index in [1.807, 2.05) is 0 Å². The van der Waals surface area contributed by atoms with Crippen LogP contribution >= 0.6 is 0 Å². The second kappa shape index (κ2) is 8.84. The van der Waals surface area contributed by atoms with Crippen LogP contribution in [-0.4, -0.2) is 59.1 Å². The first-order chi connectivity index (χ1) is 14.1. The standard InChI is InChI=1S/C20H30N2O6S2/c1-4-28-20(23)17-7-10-21(11-8-17)30(26,27)19-15(2)13-18(14-16(19)3)22-9-5-6-12-29(22,24)25/h13-14,17H,4-12H2,1-3H3. The van der Waals surface area contributed by atoms with Gasteiger partial charge in [-0.25, -0.2) is 16.8 Å². The molecule has 0 atom stereocenters. The highest BCUT2D eigenvalue weighted by molar-refractivity contribution is 7.92. The van der Waals surface area contributed by atoms with E-state index in [1.54, 1.807) is 32.9 Å². The number of rotatable bonds is 5. The molecule has 0 spiro atoms. The number of anilines is 1. The van der Waals surface area contributed by atoms with Crippen molar-refractivity contribution in [1.29, 1.82) is 0 Å². The maximum atomic E-state index is 13.3. The molecule has 2 aliphatic rings. The predicted octanol–water partition coefficient (Wildman–Crippen LogP) is 2.20. The Morgan fingerprint density at radius 1 is 1.10 bits per heavy atom. The van der Waals surface area contributed by atoms with Gasteiger partial charge in [0, 0.05) is 19.6 Å². The summed E-state index contributed by atoms with van der Waals surface area (Å²) >= 11 is 0. The molecule has 2 heterocycles. The van der Waals surface area contributed by atoms with E-state index >= 15 is 0 Å². The minimum absolute atomic E-state index is 0.112. The fraction of sp³-hybridized carbons (Fsp3) is 0.650. The monoisotopic (exact) mass is 458 g/mol. The summed E-state index contributed by atoms with van der Waals surface area (Å²) in [6, 6.07) is 3.29. The van der Waals surface area contributed by atoms with Crippen LogP contribution in [0.2, 0.25) is 0 Å². The molecule has 1 aromatic rings. The smallest absolute Gasteiger partial charge is 0.309 e. The van der Waals surface area contributed by atoms with Gasteiger partial charge in [0.05, 0.1) is 28.9 Å². The Labute approximate surface area is 179 Å². The van der Waals surface area contributed by atoms with Gasteiger partial charge in [-0.1, -0.05) is 0 Å². The van der Waals surface area contributed by atoms with Gasteiger partial charge in [0.2, 0.25) is 20.0 Å². The van der Waals surface area contributed by atoms with Crippen LogP contribution in [-0.2, 0) is 29.6 Å². The van der Waals surface area contributed by atoms with Crippen LogP contribution in [0.5, 0.6) is 0 Å². The number of hydrogen-bond donors (Lipinski definition) is 0. The molecule has 0 aromatic heterocycles. The van der Waals surface area contributed by atoms with Crippen molar-refractivity contribution < 1.29 is 26.4 Å². The lowest BCUT2D eigenvalue weighted by atomic mass is 9.98. The number of nitrogens with zero attached hydrogens (tertiary/aromatic N) is 2. The Morgan fingerprint density at radius 3 is 2.23 bits per heavy atom. The number of ether oxygens (including phenoxy) is 1. The average molecular weight is 459 g/mol. The molecular weight excluding hydrogens is 428 g/mol. The number of carbonyl (C=O) groups is 1. The summed E-state index contributed by atoms with van der Waals surface area (Å²) in [7, 11) is -7.12. The van der Waals surface area contributed by atoms with Crippen LogP contribution in [0.3, 0.4) is 0 Å². The van der Waals surface area contributed by atoms with Crippen LogP contribution in [0.25, 0.3) is 0 Å². The van der Waals surface area contributed by atoms with Crippen LogP contribution in [0.4, 0.5) is 5.69 Å². The van der Waals surface area contributed by atoms with Gasteiger partial charge in [-0.2, -0.15) is 4.31 Å². The summed E-state index contributed by atoms with van der Waals surface area (Å²) < 4.78 is 59.4. The molecule has 8 nitrogen and oxygen atoms in total. The minimum atomic E-state index is -3.75. The molecule has 0 amide bonds. The number of carbonyl (C=O) groups excluding carboxylic acids is 1. The minimum Gasteiger partial charge on any atom is -0.466 e. The quantitative estimate of drug-likeness (QED) is 0.627. The first-order valence-electron chi connectivity index (χ1n) is 10.4. The zero-order chi connectivity index (χ0) is 22.1. The van der Waals surface area contributed by atoms with Gasteiger partial charge in [0.25, 0.3) is 0 Å². The third-order valence-electron chi connectivity index (χ3n) is 5.75. The number of aryl methyl sites for hydroxylation is 2. The molecule has 0 saturated carbocycles. The highest BCUT2D eigenvalue weighted by Gasteiger charge is 2.35. The molecule has 0 radical (unpaired) electrons. The van der Waals surface area contributed by atoms with E-state index in [2.05, 4.69) is 0 Å². The lowest BCUT2D eigenvalue weighted by molar-refractivity contribution is -0.149. The maximum Gasteiger partial charge on any atom is 0.309 e. The van der Waals surface area contributed by atoms with E-state index in [9.17, 15) is 21.6 Å². The Morgan fingerprint density at radius 2 is 1.70 bits per heavy atom. The van der Waals surface area contributed by atoms with Crippen molar-refractivity contribution in [2.75, 3.05) is 36.3 Å². The molecule has 168 valence electrons. The van der Waals surface area contributed by atoms with Crippen molar-refractivity contribution in [1.82, 2.24) is 4.31 Å². The summed E-state index contributed by atoms with van der Waals surface area (Å²) in [6.45, 7) is 6.39. The average Bonchev–Trinajstić information content (AvgIpc) is 2.67. The fourth-order valence-electron chi connectivity index (χ4n) is 4.28. The molecule has 0 N–H and O–H groups in total. The van der Waals surface area contributed by atoms with Crippen LogP contribution in [0.1, 0.15) is 43.7 Å². The van der Waals surface area contributed by atoms with Gasteiger partial charge in [-0.3, -0.25) is 9.10 Å². The molecule has 0 unspecified atom stereocenters. The van der Waals surface area contributed by atoms with Gasteiger partial charge >= 0.3 is 5.97 Å². The first-order valence-corrected chi connectivity index (χ1v) is 13.4. The summed E-state index contributed by atoms with van der Waals surface area (Å²) in [5.41, 5.74) is 1.57. The van der Waals surface area contributed by atoms with Gasteiger partial charge in [0.1, 0.15) is 0 Å². The van der Waals surface area contributed by atoms with Crippen molar-refractivity contribution >= 4 is 31.7 Å². The Balaban J connectivity index is 1.84. The lowest BCUT2D eigenvalue weighted by Gasteiger charge is -2.32. The van der Waals surface area contributed by atoms with E-state index in [4.69, 9.17) is 4.74 Å². The molecule has 30 heavy (non-hydrogen) atoms. The molecule has 0 aliphatic carbocycles. The summed E-state index contributed by atoms with van der Waals surface area (Å²) in [4.78, 5) is 12.1. The molecule has 3 rings (SSSR count). The second-order valence-corrected chi connectivity index (χ2v) is 11.8.